The number of hydrogen-bond acceptors (Lipinski definition) is 6. The summed E-state index contributed by atoms with van der Waals surface area (Å²) in [4.78, 5) is 19.3. The van der Waals surface area contributed by atoms with Gasteiger partial charge in [-0.15, -0.1) is 0 Å². The number of ether oxygens (including phenoxy) is 1. The Morgan fingerprint density at radius 3 is 2.59 bits per heavy atom. The number of fused-ring (bicyclic) bond motifs is 1. The van der Waals surface area contributed by atoms with Crippen molar-refractivity contribution in [1.82, 2.24) is 24.8 Å². The first-order valence-electron chi connectivity index (χ1n) is 8.14. The molecule has 0 spiro atoms. The van der Waals surface area contributed by atoms with Crippen molar-refractivity contribution < 1.29 is 32.5 Å². The zero-order valence-corrected chi connectivity index (χ0v) is 15.6. The molecule has 0 unspecified atom stereocenters. The van der Waals surface area contributed by atoms with Crippen LogP contribution in [0.5, 0.6) is 0 Å². The standard InChI is InChI=1S/C13H12N6O2.C4H5F3O/c1-18-13-10(8-15-18)6-14-12(17-13)9-2-4-19(16-7-9)5-3-11(20)21;1-3(8-2)4(5,6)7/h2,4,6-8H,3,5H2,1H3;1H2,2H3/p+1. The molecule has 0 saturated carbocycles. The predicted molar refractivity (Wildman–Crippen MR) is 94.2 cm³/mol. The lowest BCUT2D eigenvalue weighted by atomic mass is 10.3. The maximum atomic E-state index is 11.2. The first-order valence-corrected chi connectivity index (χ1v) is 8.14. The minimum atomic E-state index is -4.41. The third kappa shape index (κ3) is 5.96. The molecule has 0 aliphatic rings. The van der Waals surface area contributed by atoms with Crippen molar-refractivity contribution in [2.75, 3.05) is 7.11 Å². The van der Waals surface area contributed by atoms with Crippen LogP contribution in [0.25, 0.3) is 22.4 Å². The van der Waals surface area contributed by atoms with Crippen LogP contribution in [0, 0.1) is 0 Å². The van der Waals surface area contributed by atoms with E-state index in [9.17, 15) is 18.0 Å². The van der Waals surface area contributed by atoms with Crippen molar-refractivity contribution in [3.05, 3.63) is 43.2 Å². The molecule has 12 heteroatoms. The molecular weight excluding hydrogens is 393 g/mol. The number of carboxylic acid groups (broad SMARTS) is 1. The summed E-state index contributed by atoms with van der Waals surface area (Å²) in [6.07, 6.45) is 2.40. The normalized spacial score (nSPS) is 10.9. The Morgan fingerprint density at radius 2 is 2.07 bits per heavy atom. The molecule has 0 aliphatic heterocycles. The van der Waals surface area contributed by atoms with E-state index in [1.807, 2.05) is 13.1 Å². The highest BCUT2D eigenvalue weighted by atomic mass is 19.4. The number of rotatable bonds is 5. The third-order valence-corrected chi connectivity index (χ3v) is 3.62. The molecule has 1 N–H and O–H groups in total. The first-order chi connectivity index (χ1) is 13.6. The van der Waals surface area contributed by atoms with Gasteiger partial charge in [-0.25, -0.2) is 9.97 Å². The van der Waals surface area contributed by atoms with Crippen molar-refractivity contribution >= 4 is 17.0 Å². The lowest BCUT2D eigenvalue weighted by Crippen LogP contribution is -2.38. The van der Waals surface area contributed by atoms with Gasteiger partial charge in [-0.3, -0.25) is 9.48 Å². The molecule has 0 amide bonds. The Bertz CT molecular complexity index is 1000. The second-order valence-corrected chi connectivity index (χ2v) is 5.69. The summed E-state index contributed by atoms with van der Waals surface area (Å²) < 4.78 is 40.7. The van der Waals surface area contributed by atoms with Gasteiger partial charge in [0.1, 0.15) is 12.6 Å². The number of hydrogen-bond donors (Lipinski definition) is 1. The first kappa shape index (κ1) is 21.7. The number of aromatic nitrogens is 6. The summed E-state index contributed by atoms with van der Waals surface area (Å²) in [7, 11) is 2.75. The van der Waals surface area contributed by atoms with Gasteiger partial charge >= 0.3 is 12.1 Å². The number of nitrogens with zero attached hydrogens (tertiary/aromatic N) is 6. The molecule has 9 nitrogen and oxygen atoms in total. The average molecular weight is 411 g/mol. The molecular formula is C17H18F3N6O3+. The van der Waals surface area contributed by atoms with Gasteiger partial charge in [-0.2, -0.15) is 18.3 Å². The molecule has 0 bridgehead atoms. The van der Waals surface area contributed by atoms with Crippen LogP contribution < -0.4 is 4.68 Å². The van der Waals surface area contributed by atoms with Gasteiger partial charge in [0.05, 0.1) is 18.7 Å². The Labute approximate surface area is 163 Å². The average Bonchev–Trinajstić information content (AvgIpc) is 3.06. The maximum Gasteiger partial charge on any atom is 0.448 e. The maximum absolute atomic E-state index is 11.2. The van der Waals surface area contributed by atoms with Crippen LogP contribution >= 0.6 is 0 Å². The number of alkyl halides is 3. The van der Waals surface area contributed by atoms with Gasteiger partial charge in [-0.1, -0.05) is 11.3 Å². The highest BCUT2D eigenvalue weighted by molar-refractivity contribution is 5.75. The Morgan fingerprint density at radius 1 is 1.34 bits per heavy atom. The van der Waals surface area contributed by atoms with Gasteiger partial charge in [-0.05, 0) is 5.10 Å². The van der Waals surface area contributed by atoms with E-state index in [2.05, 4.69) is 31.5 Å². The van der Waals surface area contributed by atoms with Crippen molar-refractivity contribution in [3.8, 4) is 11.4 Å². The summed E-state index contributed by atoms with van der Waals surface area (Å²) in [5.41, 5.74) is 1.52. The Kier molecular flexibility index (Phi) is 6.80. The summed E-state index contributed by atoms with van der Waals surface area (Å²) in [6, 6.07) is 1.81. The molecule has 0 aromatic carbocycles. The number of allylic oxidation sites excluding steroid dienone is 1. The second kappa shape index (κ2) is 9.08. The van der Waals surface area contributed by atoms with E-state index in [0.29, 0.717) is 12.4 Å². The third-order valence-electron chi connectivity index (χ3n) is 3.62. The highest BCUT2D eigenvalue weighted by Crippen LogP contribution is 2.23. The molecule has 154 valence electrons. The fourth-order valence-electron chi connectivity index (χ4n) is 2.05. The van der Waals surface area contributed by atoms with Crippen LogP contribution in [0.15, 0.2) is 43.2 Å². The molecule has 0 saturated heterocycles. The zero-order valence-electron chi connectivity index (χ0n) is 15.6. The number of carboxylic acids is 1. The van der Waals surface area contributed by atoms with Gasteiger partial charge in [0, 0.05) is 24.9 Å². The van der Waals surface area contributed by atoms with Crippen LogP contribution in [0.1, 0.15) is 6.42 Å². The molecule has 3 rings (SSSR count). The fraction of sp³-hybridized carbons (Fsp3) is 0.294. The Balaban J connectivity index is 0.000000321. The summed E-state index contributed by atoms with van der Waals surface area (Å²) in [5.74, 6) is -1.46. The van der Waals surface area contributed by atoms with E-state index in [4.69, 9.17) is 5.11 Å². The predicted octanol–water partition coefficient (Wildman–Crippen LogP) is 1.90. The van der Waals surface area contributed by atoms with E-state index in [1.54, 1.807) is 34.2 Å². The van der Waals surface area contributed by atoms with Crippen LogP contribution in [0.2, 0.25) is 0 Å². The minimum absolute atomic E-state index is 0.0362. The second-order valence-electron chi connectivity index (χ2n) is 5.69. The Hall–Kier alpha value is -3.57. The summed E-state index contributed by atoms with van der Waals surface area (Å²) in [5, 5.41) is 17.8. The van der Waals surface area contributed by atoms with Crippen molar-refractivity contribution in [3.63, 3.8) is 0 Å². The topological polar surface area (TPSA) is 107 Å². The quantitative estimate of drug-likeness (QED) is 0.505. The number of halogens is 3. The van der Waals surface area contributed by atoms with E-state index in [-0.39, 0.29) is 6.42 Å². The smallest absolute Gasteiger partial charge is 0.448 e. The molecule has 3 heterocycles. The van der Waals surface area contributed by atoms with Crippen molar-refractivity contribution in [1.29, 1.82) is 0 Å². The number of aliphatic carboxylic acids is 1. The molecule has 0 atom stereocenters. The molecule has 0 radical (unpaired) electrons. The lowest BCUT2D eigenvalue weighted by molar-refractivity contribution is -0.752. The number of methoxy groups -OCH3 is 1. The summed E-state index contributed by atoms with van der Waals surface area (Å²) >= 11 is 0. The molecule has 3 aromatic rings. The van der Waals surface area contributed by atoms with E-state index >= 15 is 0 Å². The van der Waals surface area contributed by atoms with Gasteiger partial charge < -0.3 is 9.84 Å². The van der Waals surface area contributed by atoms with Gasteiger partial charge in [0.15, 0.2) is 30.0 Å². The molecule has 0 fully saturated rings. The van der Waals surface area contributed by atoms with Gasteiger partial charge in [0.25, 0.3) is 0 Å². The molecule has 3 aromatic heterocycles. The van der Waals surface area contributed by atoms with Crippen LogP contribution in [-0.4, -0.2) is 49.2 Å². The molecule has 29 heavy (non-hydrogen) atoms. The number of aryl methyl sites for hydroxylation is 2. The van der Waals surface area contributed by atoms with Crippen LogP contribution in [-0.2, 0) is 23.1 Å². The van der Waals surface area contributed by atoms with Crippen molar-refractivity contribution in [2.24, 2.45) is 7.05 Å². The summed E-state index contributed by atoms with van der Waals surface area (Å²) in [6.45, 7) is 2.93. The van der Waals surface area contributed by atoms with Crippen molar-refractivity contribution in [2.45, 2.75) is 19.1 Å². The fourth-order valence-corrected chi connectivity index (χ4v) is 2.05. The SMILES string of the molecule is C=C(OC)C(F)(F)F.Cn1ncc2cnc(-c3cc[n+](CCC(=O)O)nc3)nc21. The molecule has 0 aliphatic carbocycles. The van der Waals surface area contributed by atoms with E-state index < -0.39 is 17.9 Å². The van der Waals surface area contributed by atoms with E-state index in [0.717, 1.165) is 23.7 Å². The minimum Gasteiger partial charge on any atom is -0.493 e. The van der Waals surface area contributed by atoms with Crippen LogP contribution in [0.4, 0.5) is 13.2 Å². The zero-order chi connectivity index (χ0) is 21.6. The van der Waals surface area contributed by atoms with E-state index in [1.165, 1.54) is 0 Å². The monoisotopic (exact) mass is 411 g/mol. The largest absolute Gasteiger partial charge is 0.493 e. The number of carbonyl (C=O) groups is 1. The van der Waals surface area contributed by atoms with Gasteiger partial charge in [0.2, 0.25) is 0 Å². The lowest BCUT2D eigenvalue weighted by Gasteiger charge is -2.06. The highest BCUT2D eigenvalue weighted by Gasteiger charge is 2.33. The van der Waals surface area contributed by atoms with Crippen LogP contribution in [0.3, 0.4) is 0 Å².